The van der Waals surface area contributed by atoms with E-state index >= 15 is 0 Å². The summed E-state index contributed by atoms with van der Waals surface area (Å²) in [7, 11) is 0. The summed E-state index contributed by atoms with van der Waals surface area (Å²) in [4.78, 5) is 4.32. The van der Waals surface area contributed by atoms with Crippen molar-refractivity contribution in [3.8, 4) is 5.75 Å². The van der Waals surface area contributed by atoms with E-state index in [0.29, 0.717) is 0 Å². The molecule has 1 aliphatic heterocycles. The summed E-state index contributed by atoms with van der Waals surface area (Å²) in [5, 5.41) is 0. The highest BCUT2D eigenvalue weighted by atomic mass is 127. The maximum Gasteiger partial charge on any atom is 0.141 e. The van der Waals surface area contributed by atoms with E-state index in [4.69, 9.17) is 4.74 Å². The molecule has 0 bridgehead atoms. The van der Waals surface area contributed by atoms with Gasteiger partial charge in [0.05, 0.1) is 12.3 Å². The number of nitrogens with zero attached hydrogens (tertiary/aromatic N) is 1. The van der Waals surface area contributed by atoms with Gasteiger partial charge in [-0.15, -0.1) is 0 Å². The first kappa shape index (κ1) is 6.39. The third kappa shape index (κ3) is 0.982. The van der Waals surface area contributed by atoms with Gasteiger partial charge in [0.25, 0.3) is 0 Å². The number of halogens is 1. The molecule has 2 heterocycles. The maximum atomic E-state index is 5.29. The Hall–Kier alpha value is -0.320. The van der Waals surface area contributed by atoms with E-state index in [0.717, 1.165) is 28.2 Å². The maximum absolute atomic E-state index is 5.29. The fourth-order valence-electron chi connectivity index (χ4n) is 1.03. The molecule has 1 aliphatic rings. The zero-order valence-corrected chi connectivity index (χ0v) is 7.46. The Kier molecular flexibility index (Phi) is 1.52. The Morgan fingerprint density at radius 3 is 3.30 bits per heavy atom. The fourth-order valence-corrected chi connectivity index (χ4v) is 1.50. The van der Waals surface area contributed by atoms with E-state index < -0.39 is 0 Å². The van der Waals surface area contributed by atoms with Crippen molar-refractivity contribution in [2.45, 2.75) is 6.42 Å². The molecule has 0 amide bonds. The van der Waals surface area contributed by atoms with E-state index in [1.165, 1.54) is 0 Å². The second-order valence-corrected chi connectivity index (χ2v) is 3.28. The van der Waals surface area contributed by atoms with Gasteiger partial charge in [-0.2, -0.15) is 0 Å². The van der Waals surface area contributed by atoms with Gasteiger partial charge < -0.3 is 4.74 Å². The molecule has 0 fully saturated rings. The molecule has 0 saturated heterocycles. The Morgan fingerprint density at radius 2 is 2.40 bits per heavy atom. The summed E-state index contributed by atoms with van der Waals surface area (Å²) >= 11 is 2.21. The van der Waals surface area contributed by atoms with Crippen molar-refractivity contribution < 1.29 is 4.74 Å². The normalized spacial score (nSPS) is 14.5. The van der Waals surface area contributed by atoms with Crippen LogP contribution in [0.3, 0.4) is 0 Å². The minimum absolute atomic E-state index is 0.794. The van der Waals surface area contributed by atoms with E-state index in [-0.39, 0.29) is 0 Å². The van der Waals surface area contributed by atoms with Crippen LogP contribution in [0, 0.1) is 3.70 Å². The van der Waals surface area contributed by atoms with E-state index in [1.54, 1.807) is 0 Å². The number of rotatable bonds is 0. The van der Waals surface area contributed by atoms with Crippen LogP contribution in [0.5, 0.6) is 5.75 Å². The molecule has 1 aromatic rings. The lowest BCUT2D eigenvalue weighted by Gasteiger charge is -1.95. The minimum Gasteiger partial charge on any atom is -0.491 e. The molecule has 1 aromatic heterocycles. The Bertz CT molecular complexity index is 262. The zero-order valence-electron chi connectivity index (χ0n) is 5.30. The van der Waals surface area contributed by atoms with Crippen LogP contribution in [-0.4, -0.2) is 11.6 Å². The van der Waals surface area contributed by atoms with Crippen LogP contribution >= 0.6 is 22.6 Å². The van der Waals surface area contributed by atoms with Gasteiger partial charge in [0.1, 0.15) is 9.45 Å². The molecule has 2 rings (SSSR count). The highest BCUT2D eigenvalue weighted by Crippen LogP contribution is 2.23. The second kappa shape index (κ2) is 2.38. The lowest BCUT2D eigenvalue weighted by Crippen LogP contribution is -1.86. The van der Waals surface area contributed by atoms with Crippen molar-refractivity contribution in [2.75, 3.05) is 6.61 Å². The predicted molar refractivity (Wildman–Crippen MR) is 46.2 cm³/mol. The summed E-state index contributed by atoms with van der Waals surface area (Å²) in [6.45, 7) is 0.794. The van der Waals surface area contributed by atoms with Crippen LogP contribution < -0.4 is 4.74 Å². The van der Waals surface area contributed by atoms with Crippen LogP contribution in [0.2, 0.25) is 0 Å². The van der Waals surface area contributed by atoms with Crippen LogP contribution in [-0.2, 0) is 6.42 Å². The standard InChI is InChI=1S/C7H6INO/c8-7-2-1-6-5(9-7)3-4-10-6/h1-2H,3-4H2. The zero-order chi connectivity index (χ0) is 6.97. The second-order valence-electron chi connectivity index (χ2n) is 2.18. The third-order valence-corrected chi connectivity index (χ3v) is 2.10. The van der Waals surface area contributed by atoms with Crippen LogP contribution in [0.15, 0.2) is 12.1 Å². The van der Waals surface area contributed by atoms with E-state index in [1.807, 2.05) is 12.1 Å². The van der Waals surface area contributed by atoms with Crippen molar-refractivity contribution >= 4 is 22.6 Å². The van der Waals surface area contributed by atoms with Gasteiger partial charge in [0.2, 0.25) is 0 Å². The van der Waals surface area contributed by atoms with Crippen molar-refractivity contribution in [3.63, 3.8) is 0 Å². The molecule has 0 radical (unpaired) electrons. The number of aromatic nitrogens is 1. The molecule has 0 aromatic carbocycles. The summed E-state index contributed by atoms with van der Waals surface area (Å²) in [5.41, 5.74) is 1.10. The molecule has 0 spiro atoms. The predicted octanol–water partition coefficient (Wildman–Crippen LogP) is 1.62. The molecule has 0 aliphatic carbocycles. The molecule has 0 saturated carbocycles. The van der Waals surface area contributed by atoms with Crippen LogP contribution in [0.25, 0.3) is 0 Å². The quantitative estimate of drug-likeness (QED) is 0.513. The SMILES string of the molecule is Ic1ccc2c(n1)CCO2. The summed E-state index contributed by atoms with van der Waals surface area (Å²) in [5.74, 6) is 0.959. The first-order valence-electron chi connectivity index (χ1n) is 3.14. The van der Waals surface area contributed by atoms with Gasteiger partial charge in [-0.05, 0) is 34.7 Å². The molecule has 0 N–H and O–H groups in total. The molecule has 52 valence electrons. The average Bonchev–Trinajstić information content (AvgIpc) is 2.33. The highest BCUT2D eigenvalue weighted by Gasteiger charge is 2.12. The number of pyridine rings is 1. The molecule has 2 nitrogen and oxygen atoms in total. The lowest BCUT2D eigenvalue weighted by atomic mass is 10.3. The molecule has 0 atom stereocenters. The summed E-state index contributed by atoms with van der Waals surface area (Å²) < 4.78 is 6.33. The molecular formula is C7H6INO. The van der Waals surface area contributed by atoms with Gasteiger partial charge in [-0.1, -0.05) is 0 Å². The van der Waals surface area contributed by atoms with Crippen LogP contribution in [0.4, 0.5) is 0 Å². The number of hydrogen-bond acceptors (Lipinski definition) is 2. The summed E-state index contributed by atoms with van der Waals surface area (Å²) in [6.07, 6.45) is 0.964. The van der Waals surface area contributed by atoms with Gasteiger partial charge in [0.15, 0.2) is 0 Å². The van der Waals surface area contributed by atoms with Crippen molar-refractivity contribution in [1.82, 2.24) is 4.98 Å². The van der Waals surface area contributed by atoms with Crippen molar-refractivity contribution in [3.05, 3.63) is 21.5 Å². The molecular weight excluding hydrogens is 241 g/mol. The van der Waals surface area contributed by atoms with E-state index in [2.05, 4.69) is 27.6 Å². The summed E-state index contributed by atoms with van der Waals surface area (Å²) in [6, 6.07) is 3.95. The van der Waals surface area contributed by atoms with Crippen LogP contribution in [0.1, 0.15) is 5.69 Å². The van der Waals surface area contributed by atoms with Gasteiger partial charge >= 0.3 is 0 Å². The molecule has 10 heavy (non-hydrogen) atoms. The highest BCUT2D eigenvalue weighted by molar-refractivity contribution is 14.1. The van der Waals surface area contributed by atoms with Gasteiger partial charge in [0, 0.05) is 6.42 Å². The number of hydrogen-bond donors (Lipinski definition) is 0. The monoisotopic (exact) mass is 247 g/mol. The lowest BCUT2D eigenvalue weighted by molar-refractivity contribution is 0.357. The van der Waals surface area contributed by atoms with Crippen molar-refractivity contribution in [1.29, 1.82) is 0 Å². The minimum atomic E-state index is 0.794. The number of ether oxygens (including phenoxy) is 1. The Morgan fingerprint density at radius 1 is 1.50 bits per heavy atom. The van der Waals surface area contributed by atoms with Gasteiger partial charge in [-0.25, -0.2) is 4.98 Å². The Balaban J connectivity index is 2.52. The number of fused-ring (bicyclic) bond motifs is 1. The first-order chi connectivity index (χ1) is 4.86. The fraction of sp³-hybridized carbons (Fsp3) is 0.286. The Labute approximate surface area is 72.8 Å². The molecule has 3 heteroatoms. The van der Waals surface area contributed by atoms with Crippen molar-refractivity contribution in [2.24, 2.45) is 0 Å². The smallest absolute Gasteiger partial charge is 0.141 e. The third-order valence-electron chi connectivity index (χ3n) is 1.49. The topological polar surface area (TPSA) is 22.1 Å². The molecule has 0 unspecified atom stereocenters. The largest absolute Gasteiger partial charge is 0.491 e. The average molecular weight is 247 g/mol. The van der Waals surface area contributed by atoms with E-state index in [9.17, 15) is 0 Å². The van der Waals surface area contributed by atoms with Gasteiger partial charge in [-0.3, -0.25) is 0 Å². The first-order valence-corrected chi connectivity index (χ1v) is 4.22.